The van der Waals surface area contributed by atoms with Crippen LogP contribution >= 0.6 is 0 Å². The molecule has 0 saturated carbocycles. The van der Waals surface area contributed by atoms with E-state index in [2.05, 4.69) is 21.2 Å². The molecule has 1 fully saturated rings. The summed E-state index contributed by atoms with van der Waals surface area (Å²) in [5, 5.41) is 15.4. The highest BCUT2D eigenvalue weighted by atomic mass is 32.2. The van der Waals surface area contributed by atoms with Gasteiger partial charge >= 0.3 is 0 Å². The van der Waals surface area contributed by atoms with Crippen molar-refractivity contribution < 1.29 is 8.42 Å². The zero-order valence-electron chi connectivity index (χ0n) is 11.5. The molecular formula is C12H19N5O2S. The molecule has 1 saturated heterocycles. The van der Waals surface area contributed by atoms with Gasteiger partial charge in [0.15, 0.2) is 5.03 Å². The van der Waals surface area contributed by atoms with Gasteiger partial charge in [0.1, 0.15) is 0 Å². The molecule has 0 spiro atoms. The number of aromatic nitrogens is 2. The van der Waals surface area contributed by atoms with Gasteiger partial charge in [-0.05, 0) is 12.5 Å². The van der Waals surface area contributed by atoms with E-state index in [1.165, 1.54) is 16.6 Å². The molecule has 2 heterocycles. The van der Waals surface area contributed by atoms with Crippen LogP contribution in [-0.4, -0.2) is 60.0 Å². The van der Waals surface area contributed by atoms with E-state index in [4.69, 9.17) is 5.26 Å². The standard InChI is InChI=1S/C12H19N5O2S/c1-2-3-11(10-13)16-6-8-17(9-7-16)20(18,19)12-4-5-14-15-12/h4-5,11H,2-3,6-9H2,1H3,(H,14,15). The van der Waals surface area contributed by atoms with Crippen LogP contribution in [-0.2, 0) is 10.0 Å². The van der Waals surface area contributed by atoms with Crippen LogP contribution in [0.25, 0.3) is 0 Å². The topological polar surface area (TPSA) is 93.1 Å². The molecule has 0 radical (unpaired) electrons. The third-order valence-electron chi connectivity index (χ3n) is 3.52. The number of nitrogens with one attached hydrogen (secondary N) is 1. The van der Waals surface area contributed by atoms with Gasteiger partial charge in [0.05, 0.1) is 18.3 Å². The van der Waals surface area contributed by atoms with Crippen LogP contribution in [0.3, 0.4) is 0 Å². The third kappa shape index (κ3) is 3.00. The fourth-order valence-electron chi connectivity index (χ4n) is 2.38. The van der Waals surface area contributed by atoms with Gasteiger partial charge in [-0.1, -0.05) is 13.3 Å². The van der Waals surface area contributed by atoms with Crippen LogP contribution in [0.15, 0.2) is 17.3 Å². The van der Waals surface area contributed by atoms with Gasteiger partial charge in [-0.2, -0.15) is 14.7 Å². The van der Waals surface area contributed by atoms with Crippen molar-refractivity contribution in [3.05, 3.63) is 12.3 Å². The second kappa shape index (κ2) is 6.35. The van der Waals surface area contributed by atoms with Crippen LogP contribution in [0, 0.1) is 11.3 Å². The van der Waals surface area contributed by atoms with Crippen LogP contribution < -0.4 is 0 Å². The Kier molecular flexibility index (Phi) is 4.75. The average molecular weight is 297 g/mol. The number of rotatable bonds is 5. The summed E-state index contributed by atoms with van der Waals surface area (Å²) >= 11 is 0. The van der Waals surface area contributed by atoms with Crippen molar-refractivity contribution in [2.24, 2.45) is 0 Å². The van der Waals surface area contributed by atoms with E-state index in [1.54, 1.807) is 0 Å². The normalized spacial score (nSPS) is 19.6. The Bertz CT molecular complexity index is 555. The Hall–Kier alpha value is -1.43. The maximum atomic E-state index is 12.3. The van der Waals surface area contributed by atoms with Crippen molar-refractivity contribution in [2.45, 2.75) is 30.8 Å². The molecule has 0 amide bonds. The summed E-state index contributed by atoms with van der Waals surface area (Å²) in [7, 11) is -3.48. The Balaban J connectivity index is 2.00. The van der Waals surface area contributed by atoms with E-state index < -0.39 is 10.0 Å². The maximum absolute atomic E-state index is 12.3. The van der Waals surface area contributed by atoms with Crippen molar-refractivity contribution in [1.29, 1.82) is 5.26 Å². The first-order chi connectivity index (χ1) is 9.59. The molecule has 1 aromatic heterocycles. The van der Waals surface area contributed by atoms with Crippen LogP contribution in [0.2, 0.25) is 0 Å². The first kappa shape index (κ1) is 15.0. The van der Waals surface area contributed by atoms with Crippen molar-refractivity contribution in [3.63, 3.8) is 0 Å². The lowest BCUT2D eigenvalue weighted by molar-refractivity contribution is 0.156. The Labute approximate surface area is 119 Å². The van der Waals surface area contributed by atoms with Crippen molar-refractivity contribution >= 4 is 10.0 Å². The largest absolute Gasteiger partial charge is 0.285 e. The number of aromatic amines is 1. The molecule has 7 nitrogen and oxygen atoms in total. The first-order valence-corrected chi connectivity index (χ1v) is 8.16. The van der Waals surface area contributed by atoms with Gasteiger partial charge in [0.2, 0.25) is 0 Å². The predicted molar refractivity (Wildman–Crippen MR) is 73.2 cm³/mol. The van der Waals surface area contributed by atoms with Gasteiger partial charge in [-0.25, -0.2) is 8.42 Å². The lowest BCUT2D eigenvalue weighted by Crippen LogP contribution is -2.51. The minimum absolute atomic E-state index is 0.114. The SMILES string of the molecule is CCCC(C#N)N1CCN(S(=O)(=O)c2ccn[nH]2)CC1. The number of H-pyrrole nitrogens is 1. The summed E-state index contributed by atoms with van der Waals surface area (Å²) in [5.41, 5.74) is 0. The van der Waals surface area contributed by atoms with Crippen molar-refractivity contribution in [1.82, 2.24) is 19.4 Å². The molecular weight excluding hydrogens is 278 g/mol. The Morgan fingerprint density at radius 1 is 1.45 bits per heavy atom. The van der Waals surface area contributed by atoms with Crippen LogP contribution in [0.5, 0.6) is 0 Å². The summed E-state index contributed by atoms with van der Waals surface area (Å²) in [6.07, 6.45) is 3.20. The van der Waals surface area contributed by atoms with E-state index >= 15 is 0 Å². The quantitative estimate of drug-likeness (QED) is 0.849. The minimum Gasteiger partial charge on any atom is -0.285 e. The number of sulfonamides is 1. The molecule has 1 atom stereocenters. The summed E-state index contributed by atoms with van der Waals surface area (Å²) in [4.78, 5) is 2.06. The lowest BCUT2D eigenvalue weighted by atomic mass is 10.1. The van der Waals surface area contributed by atoms with Gasteiger partial charge in [-0.3, -0.25) is 10.00 Å². The molecule has 0 aromatic carbocycles. The molecule has 1 aromatic rings. The van der Waals surface area contributed by atoms with Gasteiger partial charge in [0, 0.05) is 26.2 Å². The zero-order chi connectivity index (χ0) is 14.6. The average Bonchev–Trinajstić information content (AvgIpc) is 3.00. The van der Waals surface area contributed by atoms with E-state index in [0.29, 0.717) is 26.2 Å². The number of nitriles is 1. The molecule has 1 aliphatic rings. The number of piperazine rings is 1. The van der Waals surface area contributed by atoms with Gasteiger partial charge in [0.25, 0.3) is 10.0 Å². The maximum Gasteiger partial charge on any atom is 0.260 e. The lowest BCUT2D eigenvalue weighted by Gasteiger charge is -2.35. The van der Waals surface area contributed by atoms with E-state index in [-0.39, 0.29) is 11.1 Å². The molecule has 1 N–H and O–H groups in total. The smallest absolute Gasteiger partial charge is 0.260 e. The van der Waals surface area contributed by atoms with Crippen LogP contribution in [0.4, 0.5) is 0 Å². The fraction of sp³-hybridized carbons (Fsp3) is 0.667. The molecule has 1 unspecified atom stereocenters. The number of hydrogen-bond acceptors (Lipinski definition) is 5. The second-order valence-electron chi connectivity index (χ2n) is 4.79. The summed E-state index contributed by atoms with van der Waals surface area (Å²) in [6.45, 7) is 4.03. The molecule has 0 bridgehead atoms. The fourth-order valence-corrected chi connectivity index (χ4v) is 3.71. The number of hydrogen-bond donors (Lipinski definition) is 1. The van der Waals surface area contributed by atoms with Crippen LogP contribution in [0.1, 0.15) is 19.8 Å². The zero-order valence-corrected chi connectivity index (χ0v) is 12.3. The molecule has 0 aliphatic carbocycles. The highest BCUT2D eigenvalue weighted by Crippen LogP contribution is 2.17. The number of nitrogens with zero attached hydrogens (tertiary/aromatic N) is 4. The molecule has 20 heavy (non-hydrogen) atoms. The molecule has 110 valence electrons. The van der Waals surface area contributed by atoms with E-state index in [0.717, 1.165) is 12.8 Å². The highest BCUT2D eigenvalue weighted by molar-refractivity contribution is 7.89. The highest BCUT2D eigenvalue weighted by Gasteiger charge is 2.31. The summed E-state index contributed by atoms with van der Waals surface area (Å²) < 4.78 is 26.0. The van der Waals surface area contributed by atoms with Gasteiger partial charge < -0.3 is 0 Å². The summed E-state index contributed by atoms with van der Waals surface area (Å²) in [6, 6.07) is 3.64. The van der Waals surface area contributed by atoms with Crippen molar-refractivity contribution in [3.8, 4) is 6.07 Å². The first-order valence-electron chi connectivity index (χ1n) is 6.72. The monoisotopic (exact) mass is 297 g/mol. The molecule has 1 aliphatic heterocycles. The van der Waals surface area contributed by atoms with E-state index in [9.17, 15) is 8.42 Å². The second-order valence-corrected chi connectivity index (χ2v) is 6.70. The van der Waals surface area contributed by atoms with Crippen molar-refractivity contribution in [2.75, 3.05) is 26.2 Å². The Morgan fingerprint density at radius 2 is 2.15 bits per heavy atom. The van der Waals surface area contributed by atoms with E-state index in [1.807, 2.05) is 6.92 Å². The Morgan fingerprint density at radius 3 is 2.65 bits per heavy atom. The molecule has 8 heteroatoms. The minimum atomic E-state index is -3.48. The molecule has 2 rings (SSSR count). The third-order valence-corrected chi connectivity index (χ3v) is 5.35. The predicted octanol–water partition coefficient (Wildman–Crippen LogP) is 0.408. The summed E-state index contributed by atoms with van der Waals surface area (Å²) in [5.74, 6) is 0. The van der Waals surface area contributed by atoms with Gasteiger partial charge in [-0.15, -0.1) is 0 Å².